The van der Waals surface area contributed by atoms with Gasteiger partial charge in [-0.2, -0.15) is 16.5 Å². The summed E-state index contributed by atoms with van der Waals surface area (Å²) in [6.45, 7) is 4.91. The third kappa shape index (κ3) is 7.92. The van der Waals surface area contributed by atoms with Crippen molar-refractivity contribution in [2.45, 2.75) is 62.4 Å². The van der Waals surface area contributed by atoms with Gasteiger partial charge in [0.25, 0.3) is 0 Å². The number of piperidine rings is 1. The average molecular weight is 442 g/mol. The first-order chi connectivity index (χ1) is 14.0. The van der Waals surface area contributed by atoms with E-state index in [1.165, 1.54) is 12.8 Å². The van der Waals surface area contributed by atoms with E-state index in [1.807, 2.05) is 6.26 Å². The van der Waals surface area contributed by atoms with Crippen LogP contribution in [-0.4, -0.2) is 63.0 Å². The van der Waals surface area contributed by atoms with Crippen molar-refractivity contribution in [3.05, 3.63) is 30.3 Å². The van der Waals surface area contributed by atoms with Crippen molar-refractivity contribution in [1.29, 1.82) is 0 Å². The first-order valence-corrected chi connectivity index (χ1v) is 13.4. The van der Waals surface area contributed by atoms with E-state index in [1.54, 1.807) is 42.1 Å². The molecule has 1 aromatic carbocycles. The Balaban J connectivity index is 1.99. The van der Waals surface area contributed by atoms with Gasteiger partial charge >= 0.3 is 0 Å². The fourth-order valence-electron chi connectivity index (χ4n) is 3.62. The van der Waals surface area contributed by atoms with Crippen LogP contribution in [0.2, 0.25) is 0 Å². The van der Waals surface area contributed by atoms with Gasteiger partial charge in [0.15, 0.2) is 0 Å². The molecular weight excluding hydrogens is 406 g/mol. The van der Waals surface area contributed by atoms with Gasteiger partial charge in [0.2, 0.25) is 15.9 Å². The van der Waals surface area contributed by atoms with Crippen molar-refractivity contribution in [1.82, 2.24) is 14.9 Å². The predicted octanol–water partition coefficient (Wildman–Crippen LogP) is 2.86. The zero-order valence-corrected chi connectivity index (χ0v) is 19.2. The Hall–Kier alpha value is -1.09. The Labute approximate surface area is 180 Å². The van der Waals surface area contributed by atoms with Gasteiger partial charge in [0, 0.05) is 12.6 Å². The second-order valence-corrected chi connectivity index (χ2v) is 10.3. The van der Waals surface area contributed by atoms with Crippen molar-refractivity contribution >= 4 is 27.7 Å². The SMILES string of the molecule is CCCCN1CCCCC1CNC(=O)C(CCSC)NS(=O)(=O)c1ccccc1. The summed E-state index contributed by atoms with van der Waals surface area (Å²) in [5, 5.41) is 3.03. The third-order valence-electron chi connectivity index (χ3n) is 5.34. The number of hydrogen-bond donors (Lipinski definition) is 2. The first kappa shape index (κ1) is 24.2. The lowest BCUT2D eigenvalue weighted by Gasteiger charge is -2.36. The summed E-state index contributed by atoms with van der Waals surface area (Å²) in [4.78, 5) is 15.5. The van der Waals surface area contributed by atoms with E-state index in [2.05, 4.69) is 21.9 Å². The number of nitrogens with one attached hydrogen (secondary N) is 2. The van der Waals surface area contributed by atoms with Gasteiger partial charge < -0.3 is 5.32 Å². The van der Waals surface area contributed by atoms with E-state index in [0.29, 0.717) is 24.8 Å². The molecule has 6 nitrogen and oxygen atoms in total. The molecule has 8 heteroatoms. The number of likely N-dealkylation sites (tertiary alicyclic amines) is 1. The summed E-state index contributed by atoms with van der Waals surface area (Å²) in [6.07, 6.45) is 8.21. The molecule has 164 valence electrons. The molecule has 29 heavy (non-hydrogen) atoms. The van der Waals surface area contributed by atoms with Crippen molar-refractivity contribution in [2.24, 2.45) is 0 Å². The number of amides is 1. The van der Waals surface area contributed by atoms with E-state index in [-0.39, 0.29) is 10.8 Å². The zero-order chi connectivity index (χ0) is 21.1. The lowest BCUT2D eigenvalue weighted by atomic mass is 10.0. The maximum absolute atomic E-state index is 12.9. The molecule has 2 atom stereocenters. The molecular formula is C21H35N3O3S2. The fourth-order valence-corrected chi connectivity index (χ4v) is 5.34. The Morgan fingerprint density at radius 3 is 2.72 bits per heavy atom. The number of thioether (sulfide) groups is 1. The van der Waals surface area contributed by atoms with Crippen LogP contribution in [-0.2, 0) is 14.8 Å². The average Bonchev–Trinajstić information content (AvgIpc) is 2.74. The molecule has 2 N–H and O–H groups in total. The van der Waals surface area contributed by atoms with E-state index in [0.717, 1.165) is 32.4 Å². The Kier molecular flexibility index (Phi) is 10.5. The number of carbonyl (C=O) groups is 1. The summed E-state index contributed by atoms with van der Waals surface area (Å²) in [5.41, 5.74) is 0. The van der Waals surface area contributed by atoms with Gasteiger partial charge in [-0.3, -0.25) is 9.69 Å². The van der Waals surface area contributed by atoms with E-state index in [9.17, 15) is 13.2 Å². The molecule has 0 aliphatic carbocycles. The lowest BCUT2D eigenvalue weighted by molar-refractivity contribution is -0.123. The second-order valence-electron chi connectivity index (χ2n) is 7.55. The number of benzene rings is 1. The van der Waals surface area contributed by atoms with Crippen LogP contribution in [0.3, 0.4) is 0 Å². The fraction of sp³-hybridized carbons (Fsp3) is 0.667. The van der Waals surface area contributed by atoms with Crippen LogP contribution in [0.15, 0.2) is 35.2 Å². The molecule has 1 aliphatic rings. The van der Waals surface area contributed by atoms with Crippen LogP contribution in [0.25, 0.3) is 0 Å². The van der Waals surface area contributed by atoms with Gasteiger partial charge in [0.1, 0.15) is 6.04 Å². The Morgan fingerprint density at radius 2 is 2.03 bits per heavy atom. The van der Waals surface area contributed by atoms with Gasteiger partial charge in [-0.25, -0.2) is 8.42 Å². The molecule has 0 radical (unpaired) electrons. The standard InChI is InChI=1S/C21H35N3O3S2/c1-3-4-14-24-15-9-8-10-18(24)17-22-21(25)20(13-16-28-2)23-29(26,27)19-11-6-5-7-12-19/h5-7,11-12,18,20,23H,3-4,8-10,13-17H2,1-2H3,(H,22,25). The Bertz CT molecular complexity index is 713. The molecule has 1 amide bonds. The number of unbranched alkanes of at least 4 members (excludes halogenated alkanes) is 1. The maximum atomic E-state index is 12.9. The topological polar surface area (TPSA) is 78.5 Å². The second kappa shape index (κ2) is 12.6. The third-order valence-corrected chi connectivity index (χ3v) is 7.47. The molecule has 1 heterocycles. The van der Waals surface area contributed by atoms with Crippen molar-refractivity contribution in [3.8, 4) is 0 Å². The molecule has 0 bridgehead atoms. The van der Waals surface area contributed by atoms with Crippen LogP contribution in [0, 0.1) is 0 Å². The normalized spacial score (nSPS) is 19.0. The van der Waals surface area contributed by atoms with Gasteiger partial charge in [-0.15, -0.1) is 0 Å². The number of sulfonamides is 1. The minimum absolute atomic E-state index is 0.181. The molecule has 2 unspecified atom stereocenters. The maximum Gasteiger partial charge on any atom is 0.241 e. The first-order valence-electron chi connectivity index (χ1n) is 10.6. The molecule has 0 aromatic heterocycles. The highest BCUT2D eigenvalue weighted by Crippen LogP contribution is 2.17. The molecule has 1 saturated heterocycles. The predicted molar refractivity (Wildman–Crippen MR) is 121 cm³/mol. The van der Waals surface area contributed by atoms with Crippen molar-refractivity contribution in [3.63, 3.8) is 0 Å². The highest BCUT2D eigenvalue weighted by Gasteiger charge is 2.27. The molecule has 1 aliphatic heterocycles. The van der Waals surface area contributed by atoms with E-state index >= 15 is 0 Å². The molecule has 0 saturated carbocycles. The van der Waals surface area contributed by atoms with Crippen LogP contribution < -0.4 is 10.0 Å². The molecule has 0 spiro atoms. The summed E-state index contributed by atoms with van der Waals surface area (Å²) in [7, 11) is -3.73. The van der Waals surface area contributed by atoms with Gasteiger partial charge in [-0.1, -0.05) is 38.0 Å². The van der Waals surface area contributed by atoms with E-state index < -0.39 is 16.1 Å². The number of nitrogens with zero attached hydrogens (tertiary/aromatic N) is 1. The van der Waals surface area contributed by atoms with Crippen LogP contribution >= 0.6 is 11.8 Å². The summed E-state index contributed by atoms with van der Waals surface area (Å²) in [6, 6.07) is 7.79. The molecule has 2 rings (SSSR count). The number of hydrogen-bond acceptors (Lipinski definition) is 5. The van der Waals surface area contributed by atoms with Crippen molar-refractivity contribution < 1.29 is 13.2 Å². The highest BCUT2D eigenvalue weighted by molar-refractivity contribution is 7.98. The smallest absolute Gasteiger partial charge is 0.241 e. The van der Waals surface area contributed by atoms with Crippen LogP contribution in [0.4, 0.5) is 0 Å². The van der Waals surface area contributed by atoms with Gasteiger partial charge in [0.05, 0.1) is 4.90 Å². The van der Waals surface area contributed by atoms with Gasteiger partial charge in [-0.05, 0) is 62.9 Å². The van der Waals surface area contributed by atoms with Crippen molar-refractivity contribution in [2.75, 3.05) is 31.6 Å². The molecule has 1 fully saturated rings. The summed E-state index contributed by atoms with van der Waals surface area (Å²) in [5.74, 6) is 0.473. The quantitative estimate of drug-likeness (QED) is 0.521. The van der Waals surface area contributed by atoms with Crippen LogP contribution in [0.5, 0.6) is 0 Å². The largest absolute Gasteiger partial charge is 0.353 e. The summed E-state index contributed by atoms with van der Waals surface area (Å²) >= 11 is 1.60. The highest BCUT2D eigenvalue weighted by atomic mass is 32.2. The summed E-state index contributed by atoms with van der Waals surface area (Å²) < 4.78 is 28.0. The monoisotopic (exact) mass is 441 g/mol. The minimum atomic E-state index is -3.73. The lowest BCUT2D eigenvalue weighted by Crippen LogP contribution is -2.52. The Morgan fingerprint density at radius 1 is 1.28 bits per heavy atom. The zero-order valence-electron chi connectivity index (χ0n) is 17.6. The van der Waals surface area contributed by atoms with Crippen LogP contribution in [0.1, 0.15) is 45.4 Å². The molecule has 1 aromatic rings. The number of rotatable bonds is 12. The van der Waals surface area contributed by atoms with E-state index in [4.69, 9.17) is 0 Å². The minimum Gasteiger partial charge on any atom is -0.353 e. The number of carbonyl (C=O) groups excluding carboxylic acids is 1.